The molecular weight excluding hydrogens is 507 g/mol. The van der Waals surface area contributed by atoms with E-state index in [1.807, 2.05) is 0 Å². The standard InChI is InChI=1S/C25H20F3N5O3S/c26-25(27,28)22-12-21(33(32-22)19-5-1-3-15(11-19)13-29)24(34)31-18-9-7-16(8-10-18)20-6-2-4-17-14-30-37(35,36)23(17)20/h1-12,30H,13-14,29H2,(H,31,34). The van der Waals surface area contributed by atoms with Crippen molar-refractivity contribution in [3.63, 3.8) is 0 Å². The van der Waals surface area contributed by atoms with Crippen molar-refractivity contribution in [1.82, 2.24) is 14.5 Å². The van der Waals surface area contributed by atoms with Gasteiger partial charge in [0.15, 0.2) is 5.69 Å². The summed E-state index contributed by atoms with van der Waals surface area (Å²) in [5, 5.41) is 6.20. The molecular formula is C25H20F3N5O3S. The van der Waals surface area contributed by atoms with E-state index in [2.05, 4.69) is 15.1 Å². The molecule has 1 amide bonds. The van der Waals surface area contributed by atoms with Gasteiger partial charge in [-0.2, -0.15) is 18.3 Å². The van der Waals surface area contributed by atoms with E-state index in [-0.39, 0.29) is 29.4 Å². The van der Waals surface area contributed by atoms with Crippen LogP contribution in [0.1, 0.15) is 27.3 Å². The third-order valence-electron chi connectivity index (χ3n) is 5.89. The van der Waals surface area contributed by atoms with Gasteiger partial charge >= 0.3 is 6.18 Å². The van der Waals surface area contributed by atoms with Crippen molar-refractivity contribution >= 4 is 21.6 Å². The third-order valence-corrected chi connectivity index (χ3v) is 7.44. The van der Waals surface area contributed by atoms with Gasteiger partial charge < -0.3 is 11.1 Å². The first-order valence-corrected chi connectivity index (χ1v) is 12.5. The van der Waals surface area contributed by atoms with E-state index in [1.165, 1.54) is 6.07 Å². The number of nitrogens with zero attached hydrogens (tertiary/aromatic N) is 2. The minimum absolute atomic E-state index is 0.164. The van der Waals surface area contributed by atoms with Gasteiger partial charge in [-0.05, 0) is 41.0 Å². The molecule has 4 aromatic rings. The average Bonchev–Trinajstić information content (AvgIpc) is 3.47. The normalized spacial score (nSPS) is 14.4. The third kappa shape index (κ3) is 4.73. The smallest absolute Gasteiger partial charge is 0.326 e. The molecule has 190 valence electrons. The van der Waals surface area contributed by atoms with Crippen LogP contribution in [0.15, 0.2) is 77.7 Å². The van der Waals surface area contributed by atoms with Crippen LogP contribution in [-0.4, -0.2) is 24.1 Å². The van der Waals surface area contributed by atoms with Crippen LogP contribution in [-0.2, 0) is 29.3 Å². The number of aromatic nitrogens is 2. The first-order valence-electron chi connectivity index (χ1n) is 11.1. The van der Waals surface area contributed by atoms with Crippen LogP contribution in [0.3, 0.4) is 0 Å². The zero-order valence-corrected chi connectivity index (χ0v) is 19.9. The van der Waals surface area contributed by atoms with Crippen LogP contribution in [0.2, 0.25) is 0 Å². The predicted molar refractivity (Wildman–Crippen MR) is 130 cm³/mol. The highest BCUT2D eigenvalue weighted by Crippen LogP contribution is 2.34. The number of hydrogen-bond acceptors (Lipinski definition) is 5. The number of carbonyl (C=O) groups excluding carboxylic acids is 1. The van der Waals surface area contributed by atoms with Crippen LogP contribution in [0.4, 0.5) is 18.9 Å². The Labute approximate surface area is 210 Å². The molecule has 12 heteroatoms. The second kappa shape index (κ2) is 9.14. The summed E-state index contributed by atoms with van der Waals surface area (Å²) in [7, 11) is -3.62. The molecule has 0 saturated heterocycles. The van der Waals surface area contributed by atoms with Crippen LogP contribution in [0.5, 0.6) is 0 Å². The van der Waals surface area contributed by atoms with Crippen molar-refractivity contribution in [3.8, 4) is 16.8 Å². The van der Waals surface area contributed by atoms with Crippen molar-refractivity contribution in [1.29, 1.82) is 0 Å². The lowest BCUT2D eigenvalue weighted by Crippen LogP contribution is -2.17. The number of amides is 1. The molecule has 4 N–H and O–H groups in total. The first-order chi connectivity index (χ1) is 17.6. The second-order valence-electron chi connectivity index (χ2n) is 8.35. The average molecular weight is 528 g/mol. The Morgan fingerprint density at radius 1 is 1.05 bits per heavy atom. The molecule has 0 fully saturated rings. The molecule has 0 spiro atoms. The number of nitrogens with one attached hydrogen (secondary N) is 2. The quantitative estimate of drug-likeness (QED) is 0.362. The topological polar surface area (TPSA) is 119 Å². The Balaban J connectivity index is 1.46. The van der Waals surface area contributed by atoms with Gasteiger partial charge in [0.1, 0.15) is 5.69 Å². The summed E-state index contributed by atoms with van der Waals surface area (Å²) in [6.07, 6.45) is -4.75. The lowest BCUT2D eigenvalue weighted by Gasteiger charge is -2.11. The zero-order chi connectivity index (χ0) is 26.4. The highest BCUT2D eigenvalue weighted by molar-refractivity contribution is 7.90. The Hall–Kier alpha value is -4.00. The number of sulfonamides is 1. The maximum absolute atomic E-state index is 13.4. The lowest BCUT2D eigenvalue weighted by molar-refractivity contribution is -0.141. The Morgan fingerprint density at radius 2 is 1.78 bits per heavy atom. The molecule has 0 saturated carbocycles. The zero-order valence-electron chi connectivity index (χ0n) is 19.1. The van der Waals surface area contributed by atoms with Crippen molar-refractivity contribution in [2.24, 2.45) is 5.73 Å². The molecule has 0 radical (unpaired) electrons. The predicted octanol–water partition coefficient (Wildman–Crippen LogP) is 4.06. The van der Waals surface area contributed by atoms with Crippen LogP contribution in [0.25, 0.3) is 16.8 Å². The van der Waals surface area contributed by atoms with E-state index in [0.29, 0.717) is 34.0 Å². The maximum Gasteiger partial charge on any atom is 0.435 e. The van der Waals surface area contributed by atoms with Gasteiger partial charge in [-0.15, -0.1) is 0 Å². The van der Waals surface area contributed by atoms with Gasteiger partial charge in [-0.25, -0.2) is 17.8 Å². The lowest BCUT2D eigenvalue weighted by atomic mass is 10.0. The number of alkyl halides is 3. The van der Waals surface area contributed by atoms with Gasteiger partial charge in [-0.3, -0.25) is 4.79 Å². The SMILES string of the molecule is NCc1cccc(-n2nc(C(F)(F)F)cc2C(=O)Nc2ccc(-c3cccc4c3S(=O)(=O)NC4)cc2)c1. The second-order valence-corrected chi connectivity index (χ2v) is 10.1. The van der Waals surface area contributed by atoms with Crippen molar-refractivity contribution in [2.45, 2.75) is 24.2 Å². The number of benzene rings is 3. The van der Waals surface area contributed by atoms with E-state index < -0.39 is 27.8 Å². The number of rotatable bonds is 5. The fraction of sp³-hybridized carbons (Fsp3) is 0.120. The van der Waals surface area contributed by atoms with Gasteiger partial charge in [-0.1, -0.05) is 42.5 Å². The van der Waals surface area contributed by atoms with E-state index in [9.17, 15) is 26.4 Å². The molecule has 1 aliphatic heterocycles. The summed E-state index contributed by atoms with van der Waals surface area (Å²) in [4.78, 5) is 13.2. The monoisotopic (exact) mass is 527 g/mol. The fourth-order valence-electron chi connectivity index (χ4n) is 4.14. The van der Waals surface area contributed by atoms with Crippen molar-refractivity contribution in [3.05, 3.63) is 95.3 Å². The molecule has 0 atom stereocenters. The molecule has 0 unspecified atom stereocenters. The largest absolute Gasteiger partial charge is 0.435 e. The highest BCUT2D eigenvalue weighted by Gasteiger charge is 2.36. The summed E-state index contributed by atoms with van der Waals surface area (Å²) in [5.41, 5.74) is 7.10. The number of nitrogens with two attached hydrogens (primary N) is 1. The van der Waals surface area contributed by atoms with Gasteiger partial charge in [0.25, 0.3) is 5.91 Å². The number of hydrogen-bond donors (Lipinski definition) is 3. The molecule has 37 heavy (non-hydrogen) atoms. The Morgan fingerprint density at radius 3 is 2.49 bits per heavy atom. The molecule has 0 bridgehead atoms. The van der Waals surface area contributed by atoms with Crippen molar-refractivity contribution in [2.75, 3.05) is 5.32 Å². The van der Waals surface area contributed by atoms with Crippen LogP contribution in [0, 0.1) is 0 Å². The Kier molecular flexibility index (Phi) is 6.10. The maximum atomic E-state index is 13.4. The molecule has 3 aromatic carbocycles. The molecule has 8 nitrogen and oxygen atoms in total. The van der Waals surface area contributed by atoms with Gasteiger partial charge in [0.05, 0.1) is 10.6 Å². The highest BCUT2D eigenvalue weighted by atomic mass is 32.2. The Bertz CT molecular complexity index is 1610. The van der Waals surface area contributed by atoms with Gasteiger partial charge in [0.2, 0.25) is 10.0 Å². The van der Waals surface area contributed by atoms with E-state index in [1.54, 1.807) is 60.7 Å². The number of carbonyl (C=O) groups is 1. The molecule has 2 heterocycles. The fourth-order valence-corrected chi connectivity index (χ4v) is 5.59. The molecule has 0 aliphatic carbocycles. The number of halogens is 3. The molecule has 5 rings (SSSR count). The van der Waals surface area contributed by atoms with Crippen molar-refractivity contribution < 1.29 is 26.4 Å². The minimum atomic E-state index is -4.75. The summed E-state index contributed by atoms with van der Waals surface area (Å²) in [5.74, 6) is -0.804. The van der Waals surface area contributed by atoms with Gasteiger partial charge in [0, 0.05) is 30.4 Å². The van der Waals surface area contributed by atoms with E-state index in [0.717, 1.165) is 4.68 Å². The minimum Gasteiger partial charge on any atom is -0.326 e. The van der Waals surface area contributed by atoms with E-state index in [4.69, 9.17) is 5.73 Å². The summed E-state index contributed by atoms with van der Waals surface area (Å²) in [6.45, 7) is 0.374. The summed E-state index contributed by atoms with van der Waals surface area (Å²) < 4.78 is 68.5. The number of fused-ring (bicyclic) bond motifs is 1. The first kappa shape index (κ1) is 24.7. The molecule has 1 aromatic heterocycles. The summed E-state index contributed by atoms with van der Waals surface area (Å²) >= 11 is 0. The molecule has 1 aliphatic rings. The van der Waals surface area contributed by atoms with Crippen LogP contribution < -0.4 is 15.8 Å². The van der Waals surface area contributed by atoms with Crippen LogP contribution >= 0.6 is 0 Å². The van der Waals surface area contributed by atoms with E-state index >= 15 is 0 Å². The number of anilines is 1. The summed E-state index contributed by atoms with van der Waals surface area (Å²) in [6, 6.07) is 18.6.